The number of hydrogen-bond donors (Lipinski definition) is 1. The summed E-state index contributed by atoms with van der Waals surface area (Å²) in [6.45, 7) is 1.97. The summed E-state index contributed by atoms with van der Waals surface area (Å²) in [5, 5.41) is 14.1. The first-order valence-corrected chi connectivity index (χ1v) is 11.1. The van der Waals surface area contributed by atoms with Crippen molar-refractivity contribution in [3.05, 3.63) is 90.4 Å². The van der Waals surface area contributed by atoms with Gasteiger partial charge in [-0.15, -0.1) is 0 Å². The number of urea groups is 1. The molecule has 2 amide bonds. The number of rotatable bonds is 6. The third kappa shape index (κ3) is 6.30. The lowest BCUT2D eigenvalue weighted by atomic mass is 10.2. The van der Waals surface area contributed by atoms with Crippen molar-refractivity contribution in [1.29, 1.82) is 0 Å². The molecule has 1 N–H and O–H groups in total. The van der Waals surface area contributed by atoms with Crippen LogP contribution in [0.5, 0.6) is 11.5 Å². The van der Waals surface area contributed by atoms with Crippen LogP contribution < -0.4 is 10.1 Å². The van der Waals surface area contributed by atoms with Gasteiger partial charge in [0.1, 0.15) is 16.5 Å². The summed E-state index contributed by atoms with van der Waals surface area (Å²) in [5.41, 5.74) is 0.378. The number of aliphatic imine (C=N–C) groups is 1. The highest BCUT2D eigenvalue weighted by molar-refractivity contribution is 6.40. The summed E-state index contributed by atoms with van der Waals surface area (Å²) in [4.78, 5) is 26.7. The van der Waals surface area contributed by atoms with Gasteiger partial charge in [0.25, 0.3) is 5.69 Å². The van der Waals surface area contributed by atoms with Crippen molar-refractivity contribution in [3.8, 4) is 11.5 Å². The normalized spacial score (nSPS) is 11.1. The number of carbonyl (C=O) groups excluding carboxylic acids is 1. The van der Waals surface area contributed by atoms with E-state index in [1.54, 1.807) is 25.1 Å². The minimum absolute atomic E-state index is 0.0308. The molecule has 0 saturated carbocycles. The molecule has 0 aliphatic rings. The Morgan fingerprint density at radius 3 is 2.29 bits per heavy atom. The first-order chi connectivity index (χ1) is 16.2. The summed E-state index contributed by atoms with van der Waals surface area (Å²) in [5.74, 6) is 0.458. The van der Waals surface area contributed by atoms with Crippen LogP contribution in [0.2, 0.25) is 20.1 Å². The van der Waals surface area contributed by atoms with Crippen molar-refractivity contribution in [2.45, 2.75) is 6.92 Å². The van der Waals surface area contributed by atoms with Gasteiger partial charge in [0.15, 0.2) is 0 Å². The fourth-order valence-electron chi connectivity index (χ4n) is 2.73. The van der Waals surface area contributed by atoms with Gasteiger partial charge in [-0.3, -0.25) is 10.1 Å². The van der Waals surface area contributed by atoms with E-state index < -0.39 is 11.0 Å². The quantitative estimate of drug-likeness (QED) is 0.147. The smallest absolute Gasteiger partial charge is 0.348 e. The molecule has 0 fully saturated rings. The van der Waals surface area contributed by atoms with Crippen molar-refractivity contribution in [2.75, 3.05) is 11.9 Å². The van der Waals surface area contributed by atoms with Crippen LogP contribution in [0.3, 0.4) is 0 Å². The molecule has 0 radical (unpaired) electrons. The van der Waals surface area contributed by atoms with E-state index in [9.17, 15) is 14.9 Å². The van der Waals surface area contributed by atoms with E-state index in [1.165, 1.54) is 36.4 Å². The lowest BCUT2D eigenvalue weighted by Gasteiger charge is -2.12. The number of nitro groups is 1. The van der Waals surface area contributed by atoms with Gasteiger partial charge in [-0.1, -0.05) is 52.5 Å². The summed E-state index contributed by atoms with van der Waals surface area (Å²) >= 11 is 24.5. The van der Waals surface area contributed by atoms with Gasteiger partial charge in [-0.25, -0.2) is 4.79 Å². The van der Waals surface area contributed by atoms with Crippen LogP contribution in [0, 0.1) is 10.1 Å². The zero-order valence-corrected chi connectivity index (χ0v) is 20.4. The maximum absolute atomic E-state index is 12.5. The van der Waals surface area contributed by atoms with Crippen LogP contribution in [0.15, 0.2) is 59.6 Å². The second-order valence-corrected chi connectivity index (χ2v) is 8.12. The molecule has 0 unspecified atom stereocenters. The third-order valence-corrected chi connectivity index (χ3v) is 5.42. The molecule has 12 heteroatoms. The maximum Gasteiger partial charge on any atom is 0.348 e. The molecule has 0 aliphatic heterocycles. The van der Waals surface area contributed by atoms with Crippen LogP contribution >= 0.6 is 46.4 Å². The van der Waals surface area contributed by atoms with Gasteiger partial charge >= 0.3 is 6.03 Å². The second kappa shape index (κ2) is 11.4. The summed E-state index contributed by atoms with van der Waals surface area (Å²) in [7, 11) is 0. The molecule has 0 bridgehead atoms. The number of carbonyl (C=O) groups is 1. The minimum Gasteiger partial charge on any atom is -0.477 e. The fourth-order valence-corrected chi connectivity index (χ4v) is 3.75. The van der Waals surface area contributed by atoms with E-state index in [2.05, 4.69) is 10.3 Å². The number of amides is 2. The molecule has 0 heterocycles. The van der Waals surface area contributed by atoms with Crippen molar-refractivity contribution in [3.63, 3.8) is 0 Å². The topological polar surface area (TPSA) is 103 Å². The minimum atomic E-state index is -0.744. The molecule has 0 aromatic heterocycles. The fraction of sp³-hybridized carbons (Fsp3) is 0.0909. The lowest BCUT2D eigenvalue weighted by Crippen LogP contribution is -2.15. The molecule has 0 saturated heterocycles. The Labute approximate surface area is 214 Å². The number of nitrogens with zero attached hydrogens (tertiary/aromatic N) is 2. The van der Waals surface area contributed by atoms with E-state index in [-0.39, 0.29) is 49.8 Å². The van der Waals surface area contributed by atoms with Gasteiger partial charge in [0.05, 0.1) is 32.2 Å². The number of benzene rings is 3. The molecule has 176 valence electrons. The Morgan fingerprint density at radius 2 is 1.71 bits per heavy atom. The molecule has 3 rings (SSSR count). The second-order valence-electron chi connectivity index (χ2n) is 6.49. The zero-order valence-electron chi connectivity index (χ0n) is 17.4. The monoisotopic (exact) mass is 541 g/mol. The maximum atomic E-state index is 12.5. The standard InChI is InChI=1S/C22H15Cl4N3O5/c1-2-33-21(20-14(23)4-3-5-15(20)24)28-22(30)27-12-6-9-19(17(26)10-12)34-13-7-8-18(29(31)32)16(25)11-13/h3-11H,2H2,1H3,(H,27,30)/b28-21-. The summed E-state index contributed by atoms with van der Waals surface area (Å²) < 4.78 is 11.1. The molecule has 3 aromatic rings. The lowest BCUT2D eigenvalue weighted by molar-refractivity contribution is -0.384. The molecule has 0 atom stereocenters. The van der Waals surface area contributed by atoms with Gasteiger partial charge in [-0.05, 0) is 43.3 Å². The van der Waals surface area contributed by atoms with E-state index in [0.29, 0.717) is 11.3 Å². The average molecular weight is 543 g/mol. The van der Waals surface area contributed by atoms with Crippen LogP contribution in [0.25, 0.3) is 0 Å². The van der Waals surface area contributed by atoms with Crippen LogP contribution in [-0.2, 0) is 4.74 Å². The highest BCUT2D eigenvalue weighted by Crippen LogP contribution is 2.35. The predicted molar refractivity (Wildman–Crippen MR) is 133 cm³/mol. The Bertz CT molecular complexity index is 1260. The van der Waals surface area contributed by atoms with E-state index >= 15 is 0 Å². The summed E-state index contributed by atoms with van der Waals surface area (Å²) in [6.07, 6.45) is 0. The van der Waals surface area contributed by atoms with Gasteiger partial charge < -0.3 is 14.8 Å². The van der Waals surface area contributed by atoms with Gasteiger partial charge in [0.2, 0.25) is 5.90 Å². The van der Waals surface area contributed by atoms with Crippen molar-refractivity contribution in [1.82, 2.24) is 0 Å². The molecule has 0 spiro atoms. The predicted octanol–water partition coefficient (Wildman–Crippen LogP) is 8.02. The number of nitro benzene ring substituents is 1. The number of anilines is 1. The highest BCUT2D eigenvalue weighted by Gasteiger charge is 2.17. The van der Waals surface area contributed by atoms with Crippen LogP contribution in [0.4, 0.5) is 16.2 Å². The first-order valence-electron chi connectivity index (χ1n) is 9.57. The Balaban J connectivity index is 1.77. The van der Waals surface area contributed by atoms with Crippen molar-refractivity contribution < 1.29 is 19.2 Å². The van der Waals surface area contributed by atoms with Crippen LogP contribution in [-0.4, -0.2) is 23.5 Å². The van der Waals surface area contributed by atoms with E-state index in [1.807, 2.05) is 0 Å². The van der Waals surface area contributed by atoms with Crippen molar-refractivity contribution in [2.24, 2.45) is 4.99 Å². The number of halogens is 4. The van der Waals surface area contributed by atoms with Gasteiger partial charge in [-0.2, -0.15) is 4.99 Å². The van der Waals surface area contributed by atoms with E-state index in [0.717, 1.165) is 0 Å². The number of nitrogens with one attached hydrogen (secondary N) is 1. The molecule has 34 heavy (non-hydrogen) atoms. The third-order valence-electron chi connectivity index (χ3n) is 4.19. The molecule has 3 aromatic carbocycles. The summed E-state index contributed by atoms with van der Waals surface area (Å²) in [6, 6.07) is 12.5. The van der Waals surface area contributed by atoms with E-state index in [4.69, 9.17) is 55.9 Å². The SMILES string of the molecule is CCO/C(=N\C(=O)Nc1ccc(Oc2ccc([N+](=O)[O-])c(Cl)c2)c(Cl)c1)c1c(Cl)cccc1Cl. The molecular weight excluding hydrogens is 528 g/mol. The first kappa shape index (κ1) is 25.6. The molecular formula is C22H15Cl4N3O5. The Hall–Kier alpha value is -3.04. The number of ether oxygens (including phenoxy) is 2. The van der Waals surface area contributed by atoms with Gasteiger partial charge in [0, 0.05) is 17.8 Å². The molecule has 0 aliphatic carbocycles. The highest BCUT2D eigenvalue weighted by atomic mass is 35.5. The average Bonchev–Trinajstić information content (AvgIpc) is 2.75. The Kier molecular flexibility index (Phi) is 8.57. The largest absolute Gasteiger partial charge is 0.477 e. The van der Waals surface area contributed by atoms with Crippen molar-refractivity contribution >= 4 is 69.7 Å². The number of hydrogen-bond acceptors (Lipinski definition) is 5. The van der Waals surface area contributed by atoms with Crippen LogP contribution in [0.1, 0.15) is 12.5 Å². The zero-order chi connectivity index (χ0) is 24.8. The Morgan fingerprint density at radius 1 is 1.00 bits per heavy atom. The molecule has 8 nitrogen and oxygen atoms in total.